The van der Waals surface area contributed by atoms with Crippen LogP contribution in [0.2, 0.25) is 0 Å². The Labute approximate surface area is 127 Å². The van der Waals surface area contributed by atoms with Crippen molar-refractivity contribution in [2.45, 2.75) is 37.1 Å². The van der Waals surface area contributed by atoms with Gasteiger partial charge in [-0.2, -0.15) is 0 Å². The van der Waals surface area contributed by atoms with Crippen LogP contribution >= 0.6 is 0 Å². The normalized spacial score (nSPS) is 20.4. The molecule has 118 valence electrons. The number of sulfonamides is 1. The molecule has 1 aliphatic rings. The number of likely N-dealkylation sites (N-methyl/N-ethyl adjacent to an activating group) is 1. The van der Waals surface area contributed by atoms with Crippen LogP contribution in [-0.2, 0) is 10.0 Å². The third-order valence-corrected chi connectivity index (χ3v) is 5.60. The van der Waals surface area contributed by atoms with Crippen molar-refractivity contribution in [3.05, 3.63) is 24.3 Å². The summed E-state index contributed by atoms with van der Waals surface area (Å²) in [4.78, 5) is 2.78. The van der Waals surface area contributed by atoms with Gasteiger partial charge in [-0.25, -0.2) is 13.1 Å². The molecule has 0 bridgehead atoms. The molecule has 0 aromatic heterocycles. The fourth-order valence-electron chi connectivity index (χ4n) is 2.89. The van der Waals surface area contributed by atoms with Crippen LogP contribution in [0.15, 0.2) is 29.2 Å². The Kier molecular flexibility index (Phi) is 5.61. The molecule has 2 N–H and O–H groups in total. The summed E-state index contributed by atoms with van der Waals surface area (Å²) >= 11 is 0. The van der Waals surface area contributed by atoms with E-state index in [4.69, 9.17) is 0 Å². The average molecular weight is 311 g/mol. The third kappa shape index (κ3) is 3.96. The molecule has 1 aromatic carbocycles. The first-order chi connectivity index (χ1) is 10.1. The maximum atomic E-state index is 12.0. The molecule has 1 fully saturated rings. The lowest BCUT2D eigenvalue weighted by Crippen LogP contribution is -2.43. The summed E-state index contributed by atoms with van der Waals surface area (Å²) in [7, 11) is -1.99. The van der Waals surface area contributed by atoms with E-state index in [1.165, 1.54) is 26.3 Å². The van der Waals surface area contributed by atoms with Crippen LogP contribution in [0.25, 0.3) is 0 Å². The Hall–Kier alpha value is -1.11. The predicted octanol–water partition coefficient (Wildman–Crippen LogP) is 1.88. The van der Waals surface area contributed by atoms with Gasteiger partial charge in [0.1, 0.15) is 4.90 Å². The van der Waals surface area contributed by atoms with E-state index in [1.54, 1.807) is 12.1 Å². The van der Waals surface area contributed by atoms with E-state index < -0.39 is 10.0 Å². The van der Waals surface area contributed by atoms with Crippen LogP contribution in [0, 0.1) is 0 Å². The minimum absolute atomic E-state index is 0.311. The first-order valence-corrected chi connectivity index (χ1v) is 9.07. The molecule has 6 heteroatoms. The lowest BCUT2D eigenvalue weighted by molar-refractivity contribution is 0.164. The van der Waals surface area contributed by atoms with Gasteiger partial charge in [0.2, 0.25) is 10.0 Å². The van der Waals surface area contributed by atoms with Crippen molar-refractivity contribution < 1.29 is 8.42 Å². The second-order valence-corrected chi connectivity index (χ2v) is 7.22. The van der Waals surface area contributed by atoms with Crippen molar-refractivity contribution in [2.24, 2.45) is 0 Å². The smallest absolute Gasteiger partial charge is 0.242 e. The second-order valence-electron chi connectivity index (χ2n) is 5.36. The van der Waals surface area contributed by atoms with Crippen LogP contribution in [0.1, 0.15) is 26.2 Å². The molecule has 1 saturated heterocycles. The van der Waals surface area contributed by atoms with Gasteiger partial charge in [0.25, 0.3) is 0 Å². The number of anilines is 1. The third-order valence-electron chi connectivity index (χ3n) is 4.13. The van der Waals surface area contributed by atoms with Crippen molar-refractivity contribution >= 4 is 15.7 Å². The number of likely N-dealkylation sites (tertiary alicyclic amines) is 1. The van der Waals surface area contributed by atoms with Gasteiger partial charge < -0.3 is 5.32 Å². The number of piperidine rings is 1. The number of hydrogen-bond acceptors (Lipinski definition) is 4. The highest BCUT2D eigenvalue weighted by Gasteiger charge is 2.22. The molecule has 1 heterocycles. The highest BCUT2D eigenvalue weighted by molar-refractivity contribution is 7.89. The number of rotatable bonds is 6. The van der Waals surface area contributed by atoms with Gasteiger partial charge in [0.05, 0.1) is 5.69 Å². The Morgan fingerprint density at radius 3 is 2.76 bits per heavy atom. The van der Waals surface area contributed by atoms with Gasteiger partial charge in [-0.3, -0.25) is 4.90 Å². The van der Waals surface area contributed by atoms with E-state index in [-0.39, 0.29) is 0 Å². The summed E-state index contributed by atoms with van der Waals surface area (Å²) in [5.41, 5.74) is 0.675. The fourth-order valence-corrected chi connectivity index (χ4v) is 3.80. The molecule has 5 nitrogen and oxygen atoms in total. The number of hydrogen-bond donors (Lipinski definition) is 2. The monoisotopic (exact) mass is 311 g/mol. The lowest BCUT2D eigenvalue weighted by Gasteiger charge is -2.35. The SMILES string of the molecule is CCN1CCCC[C@H]1CNc1ccccc1S(=O)(=O)NC. The van der Waals surface area contributed by atoms with Gasteiger partial charge in [-0.15, -0.1) is 0 Å². The van der Waals surface area contributed by atoms with Gasteiger partial charge >= 0.3 is 0 Å². The Morgan fingerprint density at radius 1 is 1.29 bits per heavy atom. The zero-order valence-corrected chi connectivity index (χ0v) is 13.6. The Morgan fingerprint density at radius 2 is 2.05 bits per heavy atom. The lowest BCUT2D eigenvalue weighted by atomic mass is 10.0. The van der Waals surface area contributed by atoms with Crippen LogP contribution < -0.4 is 10.0 Å². The summed E-state index contributed by atoms with van der Waals surface area (Å²) < 4.78 is 26.4. The van der Waals surface area contributed by atoms with Crippen LogP contribution in [-0.4, -0.2) is 46.0 Å². The summed E-state index contributed by atoms with van der Waals surface area (Å²) in [6.07, 6.45) is 3.68. The summed E-state index contributed by atoms with van der Waals surface area (Å²) in [6.45, 7) is 5.14. The van der Waals surface area contributed by atoms with E-state index in [1.807, 2.05) is 12.1 Å². The molecule has 0 aliphatic carbocycles. The summed E-state index contributed by atoms with van der Waals surface area (Å²) in [5, 5.41) is 3.33. The van der Waals surface area contributed by atoms with Crippen molar-refractivity contribution in [3.63, 3.8) is 0 Å². The van der Waals surface area contributed by atoms with Crippen molar-refractivity contribution in [2.75, 3.05) is 32.0 Å². The molecule has 0 spiro atoms. The molecule has 0 saturated carbocycles. The van der Waals surface area contributed by atoms with Crippen LogP contribution in [0.4, 0.5) is 5.69 Å². The van der Waals surface area contributed by atoms with E-state index in [2.05, 4.69) is 21.9 Å². The second kappa shape index (κ2) is 7.24. The molecule has 2 rings (SSSR count). The van der Waals surface area contributed by atoms with Gasteiger partial charge in [0, 0.05) is 12.6 Å². The number of benzene rings is 1. The maximum absolute atomic E-state index is 12.0. The van der Waals surface area contributed by atoms with Crippen molar-refractivity contribution in [1.82, 2.24) is 9.62 Å². The van der Waals surface area contributed by atoms with E-state index in [0.717, 1.165) is 19.6 Å². The molecule has 1 aliphatic heterocycles. The molecular formula is C15H25N3O2S. The van der Waals surface area contributed by atoms with Gasteiger partial charge in [-0.1, -0.05) is 25.5 Å². The maximum Gasteiger partial charge on any atom is 0.242 e. The molecular weight excluding hydrogens is 286 g/mol. The molecule has 0 amide bonds. The molecule has 0 radical (unpaired) electrons. The van der Waals surface area contributed by atoms with Gasteiger partial charge in [0.15, 0.2) is 0 Å². The number of para-hydroxylation sites is 1. The number of nitrogens with zero attached hydrogens (tertiary/aromatic N) is 1. The standard InChI is InChI=1S/C15H25N3O2S/c1-3-18-11-7-6-8-13(18)12-17-14-9-4-5-10-15(14)21(19,20)16-2/h4-5,9-10,13,16-17H,3,6-8,11-12H2,1-2H3/t13-/m0/s1. The highest BCUT2D eigenvalue weighted by Crippen LogP contribution is 2.22. The zero-order chi connectivity index (χ0) is 15.3. The van der Waals surface area contributed by atoms with Crippen molar-refractivity contribution in [1.29, 1.82) is 0 Å². The van der Waals surface area contributed by atoms with Crippen molar-refractivity contribution in [3.8, 4) is 0 Å². The van der Waals surface area contributed by atoms with E-state index in [0.29, 0.717) is 16.6 Å². The van der Waals surface area contributed by atoms with E-state index in [9.17, 15) is 8.42 Å². The summed E-state index contributed by atoms with van der Waals surface area (Å²) in [6, 6.07) is 7.54. The molecule has 21 heavy (non-hydrogen) atoms. The van der Waals surface area contributed by atoms with Crippen LogP contribution in [0.5, 0.6) is 0 Å². The minimum atomic E-state index is -3.43. The first-order valence-electron chi connectivity index (χ1n) is 7.59. The molecule has 1 atom stereocenters. The largest absolute Gasteiger partial charge is 0.382 e. The topological polar surface area (TPSA) is 61.4 Å². The fraction of sp³-hybridized carbons (Fsp3) is 0.600. The summed E-state index contributed by atoms with van der Waals surface area (Å²) in [5.74, 6) is 0. The zero-order valence-electron chi connectivity index (χ0n) is 12.8. The first kappa shape index (κ1) is 16.3. The van der Waals surface area contributed by atoms with E-state index >= 15 is 0 Å². The quantitative estimate of drug-likeness (QED) is 0.842. The highest BCUT2D eigenvalue weighted by atomic mass is 32.2. The predicted molar refractivity (Wildman–Crippen MR) is 86.1 cm³/mol. The Balaban J connectivity index is 2.10. The minimum Gasteiger partial charge on any atom is -0.382 e. The molecule has 0 unspecified atom stereocenters. The number of nitrogens with one attached hydrogen (secondary N) is 2. The molecule has 1 aromatic rings. The Bertz CT molecular complexity index is 560. The van der Waals surface area contributed by atoms with Gasteiger partial charge in [-0.05, 0) is 45.1 Å². The van der Waals surface area contributed by atoms with Crippen LogP contribution in [0.3, 0.4) is 0 Å². The average Bonchev–Trinajstić information content (AvgIpc) is 2.53.